The number of hydrogen-bond donors (Lipinski definition) is 0. The Hall–Kier alpha value is -4.12. The Morgan fingerprint density at radius 2 is 1.90 bits per heavy atom. The molecule has 0 saturated heterocycles. The van der Waals surface area contributed by atoms with Crippen LogP contribution in [0, 0.1) is 18.3 Å². The Morgan fingerprint density at radius 1 is 1.20 bits per heavy atom. The maximum absolute atomic E-state index is 12.7. The summed E-state index contributed by atoms with van der Waals surface area (Å²) >= 11 is 0. The third-order valence-electron chi connectivity index (χ3n) is 4.87. The van der Waals surface area contributed by atoms with E-state index < -0.39 is 17.8 Å². The maximum Gasteiger partial charge on any atom is 0.420 e. The molecule has 0 saturated carbocycles. The number of fused-ring (bicyclic) bond motifs is 1. The first-order chi connectivity index (χ1) is 14.5. The van der Waals surface area contributed by atoms with Crippen LogP contribution in [0.5, 0.6) is 0 Å². The van der Waals surface area contributed by atoms with E-state index in [1.807, 2.05) is 30.3 Å². The van der Waals surface area contributed by atoms with Gasteiger partial charge in [0.15, 0.2) is 5.58 Å². The monoisotopic (exact) mass is 402 g/mol. The molecule has 1 atom stereocenters. The number of aryl methyl sites for hydroxylation is 1. The van der Waals surface area contributed by atoms with Gasteiger partial charge in [-0.15, -0.1) is 0 Å². The number of esters is 1. The van der Waals surface area contributed by atoms with Crippen molar-refractivity contribution in [1.29, 1.82) is 5.26 Å². The van der Waals surface area contributed by atoms with Crippen LogP contribution in [-0.2, 0) is 16.1 Å². The van der Waals surface area contributed by atoms with Crippen LogP contribution in [0.4, 0.5) is 0 Å². The van der Waals surface area contributed by atoms with E-state index in [9.17, 15) is 14.9 Å². The van der Waals surface area contributed by atoms with Crippen molar-refractivity contribution in [1.82, 2.24) is 14.3 Å². The molecule has 0 aliphatic heterocycles. The van der Waals surface area contributed by atoms with Crippen molar-refractivity contribution in [3.05, 3.63) is 82.1 Å². The highest BCUT2D eigenvalue weighted by Gasteiger charge is 2.24. The van der Waals surface area contributed by atoms with E-state index >= 15 is 0 Å². The Bertz CT molecular complexity index is 1320. The highest BCUT2D eigenvalue weighted by atomic mass is 16.5. The molecule has 0 radical (unpaired) electrons. The van der Waals surface area contributed by atoms with Crippen LogP contribution in [-0.4, -0.2) is 20.3 Å². The average molecular weight is 402 g/mol. The topological polar surface area (TPSA) is 103 Å². The molecule has 0 aliphatic carbocycles. The van der Waals surface area contributed by atoms with Crippen LogP contribution in [0.25, 0.3) is 16.8 Å². The maximum atomic E-state index is 12.7. The third-order valence-corrected chi connectivity index (χ3v) is 4.87. The van der Waals surface area contributed by atoms with Crippen molar-refractivity contribution in [3.8, 4) is 11.8 Å². The number of benzene rings is 2. The first kappa shape index (κ1) is 19.2. The number of nitriles is 1. The molecule has 0 spiro atoms. The minimum absolute atomic E-state index is 0.160. The number of carbonyl (C=O) groups is 1. The molecule has 0 aliphatic rings. The molecule has 0 fully saturated rings. The summed E-state index contributed by atoms with van der Waals surface area (Å²) in [6.07, 6.45) is 0. The molecule has 2 aromatic heterocycles. The Kier molecular flexibility index (Phi) is 4.94. The quantitative estimate of drug-likeness (QED) is 0.475. The standard InChI is InChI=1S/C22H18N4O4/c1-14-17(12-23)19(26(24-14)16-8-4-3-5-9-16)13-29-21(27)15(2)25-18-10-6-7-11-20(18)30-22(25)28/h3-11,15H,13H2,1-2H3. The molecular weight excluding hydrogens is 384 g/mol. The normalized spacial score (nSPS) is 11.9. The number of oxazole rings is 1. The van der Waals surface area contributed by atoms with Gasteiger partial charge in [-0.05, 0) is 38.1 Å². The number of nitrogens with zero attached hydrogens (tertiary/aromatic N) is 4. The highest BCUT2D eigenvalue weighted by Crippen LogP contribution is 2.21. The second kappa shape index (κ2) is 7.72. The van der Waals surface area contributed by atoms with E-state index in [-0.39, 0.29) is 6.61 Å². The Balaban J connectivity index is 1.62. The molecule has 2 aromatic carbocycles. The smallest absolute Gasteiger partial charge is 0.420 e. The summed E-state index contributed by atoms with van der Waals surface area (Å²) < 4.78 is 13.5. The highest BCUT2D eigenvalue weighted by molar-refractivity contribution is 5.79. The second-order valence-corrected chi connectivity index (χ2v) is 6.76. The molecule has 8 nitrogen and oxygen atoms in total. The minimum Gasteiger partial charge on any atom is -0.458 e. The van der Waals surface area contributed by atoms with Crippen LogP contribution in [0.15, 0.2) is 63.8 Å². The fourth-order valence-electron chi connectivity index (χ4n) is 3.35. The lowest BCUT2D eigenvalue weighted by molar-refractivity contribution is -0.148. The van der Waals surface area contributed by atoms with Gasteiger partial charge in [-0.3, -0.25) is 4.57 Å². The SMILES string of the molecule is Cc1nn(-c2ccccc2)c(COC(=O)C(C)n2c(=O)oc3ccccc32)c1C#N. The van der Waals surface area contributed by atoms with Crippen molar-refractivity contribution in [2.75, 3.05) is 0 Å². The van der Waals surface area contributed by atoms with Gasteiger partial charge in [0, 0.05) is 0 Å². The predicted octanol–water partition coefficient (Wildman–Crippen LogP) is 3.26. The van der Waals surface area contributed by atoms with Gasteiger partial charge in [-0.1, -0.05) is 30.3 Å². The average Bonchev–Trinajstić information content (AvgIpc) is 3.27. The largest absolute Gasteiger partial charge is 0.458 e. The fourth-order valence-corrected chi connectivity index (χ4v) is 3.35. The van der Waals surface area contributed by atoms with E-state index in [0.29, 0.717) is 28.1 Å². The van der Waals surface area contributed by atoms with Gasteiger partial charge >= 0.3 is 11.7 Å². The molecule has 8 heteroatoms. The van der Waals surface area contributed by atoms with Gasteiger partial charge in [0.2, 0.25) is 0 Å². The molecule has 0 bridgehead atoms. The molecule has 150 valence electrons. The van der Waals surface area contributed by atoms with Crippen molar-refractivity contribution >= 4 is 17.1 Å². The molecule has 0 N–H and O–H groups in total. The third kappa shape index (κ3) is 3.26. The molecule has 0 amide bonds. The van der Waals surface area contributed by atoms with Crippen LogP contribution < -0.4 is 5.76 Å². The minimum atomic E-state index is -0.902. The van der Waals surface area contributed by atoms with E-state index in [2.05, 4.69) is 11.2 Å². The summed E-state index contributed by atoms with van der Waals surface area (Å²) in [6, 6.07) is 17.4. The molecule has 1 unspecified atom stereocenters. The predicted molar refractivity (Wildman–Crippen MR) is 108 cm³/mol. The van der Waals surface area contributed by atoms with E-state index in [1.54, 1.807) is 42.8 Å². The zero-order chi connectivity index (χ0) is 21.3. The van der Waals surface area contributed by atoms with Crippen LogP contribution >= 0.6 is 0 Å². The molecule has 4 rings (SSSR count). The molecular formula is C22H18N4O4. The van der Waals surface area contributed by atoms with Crippen molar-refractivity contribution in [2.45, 2.75) is 26.5 Å². The lowest BCUT2D eigenvalue weighted by atomic mass is 10.2. The first-order valence-electron chi connectivity index (χ1n) is 9.32. The fraction of sp³-hybridized carbons (Fsp3) is 0.182. The van der Waals surface area contributed by atoms with E-state index in [0.717, 1.165) is 5.69 Å². The number of hydrogen-bond acceptors (Lipinski definition) is 6. The van der Waals surface area contributed by atoms with Crippen LogP contribution in [0.2, 0.25) is 0 Å². The lowest BCUT2D eigenvalue weighted by Gasteiger charge is -2.13. The number of rotatable bonds is 5. The zero-order valence-electron chi connectivity index (χ0n) is 16.4. The number of ether oxygens (including phenoxy) is 1. The summed E-state index contributed by atoms with van der Waals surface area (Å²) in [4.78, 5) is 25.0. The summed E-state index contributed by atoms with van der Waals surface area (Å²) in [5, 5.41) is 13.9. The zero-order valence-corrected chi connectivity index (χ0v) is 16.4. The van der Waals surface area contributed by atoms with Gasteiger partial charge in [0.1, 0.15) is 24.3 Å². The van der Waals surface area contributed by atoms with Gasteiger partial charge < -0.3 is 9.15 Å². The number of aromatic nitrogens is 3. The second-order valence-electron chi connectivity index (χ2n) is 6.76. The lowest BCUT2D eigenvalue weighted by Crippen LogP contribution is -2.26. The van der Waals surface area contributed by atoms with E-state index in [1.165, 1.54) is 4.57 Å². The summed E-state index contributed by atoms with van der Waals surface area (Å²) in [5.74, 6) is -1.26. The van der Waals surface area contributed by atoms with Crippen molar-refractivity contribution < 1.29 is 13.9 Å². The summed E-state index contributed by atoms with van der Waals surface area (Å²) in [6.45, 7) is 3.13. The van der Waals surface area contributed by atoms with E-state index in [4.69, 9.17) is 9.15 Å². The van der Waals surface area contributed by atoms with Crippen molar-refractivity contribution in [2.24, 2.45) is 0 Å². The van der Waals surface area contributed by atoms with Crippen LogP contribution in [0.1, 0.15) is 29.9 Å². The number of carbonyl (C=O) groups excluding carboxylic acids is 1. The molecule has 30 heavy (non-hydrogen) atoms. The van der Waals surface area contributed by atoms with Gasteiger partial charge in [-0.2, -0.15) is 10.4 Å². The van der Waals surface area contributed by atoms with Gasteiger partial charge in [0.05, 0.1) is 22.6 Å². The molecule has 2 heterocycles. The summed E-state index contributed by atoms with van der Waals surface area (Å²) in [5.41, 5.74) is 3.01. The molecule has 4 aromatic rings. The first-order valence-corrected chi connectivity index (χ1v) is 9.32. The van der Waals surface area contributed by atoms with Crippen LogP contribution in [0.3, 0.4) is 0 Å². The van der Waals surface area contributed by atoms with Gasteiger partial charge in [0.25, 0.3) is 0 Å². The van der Waals surface area contributed by atoms with Gasteiger partial charge in [-0.25, -0.2) is 14.3 Å². The Labute approximate surface area is 171 Å². The summed E-state index contributed by atoms with van der Waals surface area (Å²) in [7, 11) is 0. The van der Waals surface area contributed by atoms with Crippen molar-refractivity contribution in [3.63, 3.8) is 0 Å². The Morgan fingerprint density at radius 3 is 2.63 bits per heavy atom. The number of para-hydroxylation sites is 3.